The van der Waals surface area contributed by atoms with E-state index in [-0.39, 0.29) is 23.0 Å². The number of hydrogen-bond donors (Lipinski definition) is 2. The summed E-state index contributed by atoms with van der Waals surface area (Å²) in [5.41, 5.74) is 0.414. The number of aryl methyl sites for hydroxylation is 1. The van der Waals surface area contributed by atoms with Crippen LogP contribution in [0.2, 0.25) is 5.02 Å². The lowest BCUT2D eigenvalue weighted by Gasteiger charge is -2.35. The third-order valence-electron chi connectivity index (χ3n) is 3.88. The van der Waals surface area contributed by atoms with Gasteiger partial charge in [-0.05, 0) is 24.6 Å². The van der Waals surface area contributed by atoms with Crippen molar-refractivity contribution in [2.45, 2.75) is 24.0 Å². The van der Waals surface area contributed by atoms with E-state index in [4.69, 9.17) is 11.6 Å². The Morgan fingerprint density at radius 2 is 1.96 bits per heavy atom. The lowest BCUT2D eigenvalue weighted by Crippen LogP contribution is -2.57. The van der Waals surface area contributed by atoms with Crippen LogP contribution in [0.4, 0.5) is 13.2 Å². The van der Waals surface area contributed by atoms with Crippen LogP contribution in [0.3, 0.4) is 0 Å². The maximum Gasteiger partial charge on any atom is 0.405 e. The van der Waals surface area contributed by atoms with Crippen molar-refractivity contribution in [1.82, 2.24) is 14.9 Å². The van der Waals surface area contributed by atoms with E-state index in [2.05, 4.69) is 10.0 Å². The fourth-order valence-corrected chi connectivity index (χ4v) is 4.12. The second-order valence-corrected chi connectivity index (χ2v) is 7.78. The molecule has 24 heavy (non-hydrogen) atoms. The Hall–Kier alpha value is -0.870. The van der Waals surface area contributed by atoms with Crippen LogP contribution in [0.25, 0.3) is 0 Å². The van der Waals surface area contributed by atoms with Gasteiger partial charge in [0.1, 0.15) is 6.04 Å². The molecular weight excluding hydrogens is 367 g/mol. The molecule has 1 saturated heterocycles. The minimum atomic E-state index is -4.52. The number of nitrogens with zero attached hydrogens (tertiary/aromatic N) is 1. The first-order valence-corrected chi connectivity index (χ1v) is 9.24. The number of rotatable bonds is 5. The summed E-state index contributed by atoms with van der Waals surface area (Å²) in [6, 6.07) is 2.39. The van der Waals surface area contributed by atoms with Crippen molar-refractivity contribution < 1.29 is 21.6 Å². The van der Waals surface area contributed by atoms with Gasteiger partial charge in [-0.25, -0.2) is 13.1 Å². The predicted molar refractivity (Wildman–Crippen MR) is 85.7 cm³/mol. The third-order valence-corrected chi connectivity index (χ3v) is 5.68. The zero-order valence-corrected chi connectivity index (χ0v) is 14.6. The van der Waals surface area contributed by atoms with E-state index in [9.17, 15) is 21.6 Å². The topological polar surface area (TPSA) is 61.4 Å². The van der Waals surface area contributed by atoms with Crippen LogP contribution >= 0.6 is 11.6 Å². The van der Waals surface area contributed by atoms with E-state index in [0.29, 0.717) is 18.7 Å². The molecule has 1 aliphatic rings. The average Bonchev–Trinajstić information content (AvgIpc) is 2.49. The zero-order chi connectivity index (χ0) is 18.0. The Morgan fingerprint density at radius 1 is 1.33 bits per heavy atom. The lowest BCUT2D eigenvalue weighted by molar-refractivity contribution is -0.182. The second kappa shape index (κ2) is 7.57. The van der Waals surface area contributed by atoms with E-state index >= 15 is 0 Å². The van der Waals surface area contributed by atoms with E-state index in [0.717, 1.165) is 0 Å². The molecule has 0 saturated carbocycles. The van der Waals surface area contributed by atoms with Crippen LogP contribution in [0.1, 0.15) is 5.56 Å². The van der Waals surface area contributed by atoms with Crippen molar-refractivity contribution in [3.8, 4) is 0 Å². The molecule has 1 aliphatic heterocycles. The molecule has 10 heteroatoms. The molecule has 0 amide bonds. The standard InChI is InChI=1S/C14H19ClF3N3O2S/c1-10-2-3-11(15)8-12(10)24(22,23)20-9-13(14(16,17)18)21-6-4-19-5-7-21/h2-3,8,13,19-20H,4-7,9H2,1H3. The Bertz CT molecular complexity index is 676. The van der Waals surface area contributed by atoms with E-state index in [1.807, 2.05) is 0 Å². The molecule has 0 radical (unpaired) electrons. The Morgan fingerprint density at radius 3 is 2.54 bits per heavy atom. The maximum atomic E-state index is 13.3. The molecule has 2 rings (SSSR count). The second-order valence-electron chi connectivity index (χ2n) is 5.61. The van der Waals surface area contributed by atoms with Crippen LogP contribution in [0.15, 0.2) is 23.1 Å². The third kappa shape index (κ3) is 4.82. The van der Waals surface area contributed by atoms with Crippen LogP contribution < -0.4 is 10.0 Å². The Kier molecular flexibility index (Phi) is 6.14. The van der Waals surface area contributed by atoms with Gasteiger partial charge in [-0.2, -0.15) is 13.2 Å². The van der Waals surface area contributed by atoms with E-state index in [1.165, 1.54) is 23.1 Å². The molecule has 1 aromatic rings. The summed E-state index contributed by atoms with van der Waals surface area (Å²) in [5.74, 6) is 0. The molecule has 1 heterocycles. The SMILES string of the molecule is Cc1ccc(Cl)cc1S(=O)(=O)NCC(N1CCNCC1)C(F)(F)F. The molecule has 0 bridgehead atoms. The van der Waals surface area contributed by atoms with Gasteiger partial charge in [0.05, 0.1) is 4.90 Å². The molecule has 0 spiro atoms. The van der Waals surface area contributed by atoms with Crippen LogP contribution in [0, 0.1) is 6.92 Å². The fraction of sp³-hybridized carbons (Fsp3) is 0.571. The van der Waals surface area contributed by atoms with Gasteiger partial charge in [0, 0.05) is 37.7 Å². The van der Waals surface area contributed by atoms with Crippen molar-refractivity contribution in [2.75, 3.05) is 32.7 Å². The number of alkyl halides is 3. The van der Waals surface area contributed by atoms with Crippen LogP contribution in [-0.2, 0) is 10.0 Å². The van der Waals surface area contributed by atoms with Gasteiger partial charge in [-0.3, -0.25) is 4.90 Å². The fourth-order valence-electron chi connectivity index (χ4n) is 2.58. The highest BCUT2D eigenvalue weighted by Crippen LogP contribution is 2.26. The highest BCUT2D eigenvalue weighted by Gasteiger charge is 2.44. The highest BCUT2D eigenvalue weighted by atomic mass is 35.5. The number of sulfonamides is 1. The normalized spacial score (nSPS) is 18.5. The van der Waals surface area contributed by atoms with Crippen molar-refractivity contribution in [2.24, 2.45) is 0 Å². The number of hydrogen-bond acceptors (Lipinski definition) is 4. The first-order chi connectivity index (χ1) is 11.1. The number of piperazine rings is 1. The summed E-state index contributed by atoms with van der Waals surface area (Å²) in [5, 5.41) is 3.17. The van der Waals surface area contributed by atoms with Crippen molar-refractivity contribution in [3.63, 3.8) is 0 Å². The molecule has 1 unspecified atom stereocenters. The van der Waals surface area contributed by atoms with Crippen LogP contribution in [-0.4, -0.2) is 58.3 Å². The van der Waals surface area contributed by atoms with Crippen molar-refractivity contribution in [1.29, 1.82) is 0 Å². The number of benzene rings is 1. The van der Waals surface area contributed by atoms with Gasteiger partial charge in [0.2, 0.25) is 10.0 Å². The predicted octanol–water partition coefficient (Wildman–Crippen LogP) is 1.76. The summed E-state index contributed by atoms with van der Waals surface area (Å²) in [6.07, 6.45) is -4.52. The quantitative estimate of drug-likeness (QED) is 0.811. The molecule has 0 aliphatic carbocycles. The minimum Gasteiger partial charge on any atom is -0.314 e. The van der Waals surface area contributed by atoms with Gasteiger partial charge < -0.3 is 5.32 Å². The summed E-state index contributed by atoms with van der Waals surface area (Å²) in [4.78, 5) is 1.13. The minimum absolute atomic E-state index is 0.115. The molecule has 0 aromatic heterocycles. The molecule has 2 N–H and O–H groups in total. The number of nitrogens with one attached hydrogen (secondary N) is 2. The van der Waals surface area contributed by atoms with Crippen molar-refractivity contribution in [3.05, 3.63) is 28.8 Å². The Labute approximate surface area is 144 Å². The summed E-state index contributed by atoms with van der Waals surface area (Å²) in [7, 11) is -4.08. The van der Waals surface area contributed by atoms with Gasteiger partial charge in [-0.15, -0.1) is 0 Å². The molecule has 136 valence electrons. The monoisotopic (exact) mass is 385 g/mol. The van der Waals surface area contributed by atoms with Gasteiger partial charge in [-0.1, -0.05) is 17.7 Å². The molecule has 1 aromatic carbocycles. The first kappa shape index (κ1) is 19.5. The van der Waals surface area contributed by atoms with Crippen LogP contribution in [0.5, 0.6) is 0 Å². The van der Waals surface area contributed by atoms with Gasteiger partial charge in [0.25, 0.3) is 0 Å². The maximum absolute atomic E-state index is 13.3. The summed E-state index contributed by atoms with van der Waals surface area (Å²) in [6.45, 7) is 2.11. The van der Waals surface area contributed by atoms with E-state index < -0.39 is 28.8 Å². The zero-order valence-electron chi connectivity index (χ0n) is 13.0. The Balaban J connectivity index is 2.17. The van der Waals surface area contributed by atoms with Gasteiger partial charge >= 0.3 is 6.18 Å². The average molecular weight is 386 g/mol. The smallest absolute Gasteiger partial charge is 0.314 e. The number of halogens is 4. The lowest BCUT2D eigenvalue weighted by atomic mass is 10.2. The molecule has 1 atom stereocenters. The highest BCUT2D eigenvalue weighted by molar-refractivity contribution is 7.89. The molecule has 5 nitrogen and oxygen atoms in total. The summed E-state index contributed by atoms with van der Waals surface area (Å²) < 4.78 is 66.7. The molecular formula is C14H19ClF3N3O2S. The summed E-state index contributed by atoms with van der Waals surface area (Å²) >= 11 is 5.79. The van der Waals surface area contributed by atoms with Crippen molar-refractivity contribution >= 4 is 21.6 Å². The van der Waals surface area contributed by atoms with E-state index in [1.54, 1.807) is 6.92 Å². The van der Waals surface area contributed by atoms with Gasteiger partial charge in [0.15, 0.2) is 0 Å². The molecule has 1 fully saturated rings. The largest absolute Gasteiger partial charge is 0.405 e. The first-order valence-electron chi connectivity index (χ1n) is 7.38.